The van der Waals surface area contributed by atoms with Crippen LogP contribution >= 0.6 is 0 Å². The number of carboxylic acids is 1. The van der Waals surface area contributed by atoms with E-state index in [0.29, 0.717) is 37.1 Å². The molecule has 5 nitrogen and oxygen atoms in total. The standard InChI is InChI=1S/C28H31FN2O3/c1-19(16-20-6-4-3-5-7-20)31-15-13-21(25(18-31)28(32)33)8-10-26(29)23-12-14-30-27-11-9-22(34-2)17-24(23)27/h3-7,9,11-12,14,17,21,25-26H,1,8,10,13,15-16,18H2,2H3,(H,32,33)/t21-,25+,26?/m1/s1. The van der Waals surface area contributed by atoms with E-state index in [1.165, 1.54) is 0 Å². The summed E-state index contributed by atoms with van der Waals surface area (Å²) in [6, 6.07) is 17.2. The number of aromatic nitrogens is 1. The predicted molar refractivity (Wildman–Crippen MR) is 131 cm³/mol. The summed E-state index contributed by atoms with van der Waals surface area (Å²) in [6.45, 7) is 5.36. The van der Waals surface area contributed by atoms with Gasteiger partial charge >= 0.3 is 5.97 Å². The third-order valence-electron chi connectivity index (χ3n) is 6.88. The van der Waals surface area contributed by atoms with Crippen LogP contribution in [0.2, 0.25) is 0 Å². The lowest BCUT2D eigenvalue weighted by Crippen LogP contribution is -2.43. The van der Waals surface area contributed by atoms with Crippen molar-refractivity contribution in [3.8, 4) is 5.75 Å². The molecule has 178 valence electrons. The van der Waals surface area contributed by atoms with Gasteiger partial charge in [0.15, 0.2) is 0 Å². The number of likely N-dealkylation sites (tertiary alicyclic amines) is 1. The lowest BCUT2D eigenvalue weighted by atomic mass is 9.81. The van der Waals surface area contributed by atoms with Gasteiger partial charge in [-0.15, -0.1) is 0 Å². The fourth-order valence-corrected chi connectivity index (χ4v) is 4.92. The second kappa shape index (κ2) is 10.7. The van der Waals surface area contributed by atoms with Gasteiger partial charge in [-0.25, -0.2) is 4.39 Å². The molecule has 1 aromatic heterocycles. The maximum absolute atomic E-state index is 15.4. The van der Waals surface area contributed by atoms with E-state index in [-0.39, 0.29) is 12.3 Å². The number of piperidine rings is 1. The number of alkyl halides is 1. The van der Waals surface area contributed by atoms with Gasteiger partial charge < -0.3 is 14.7 Å². The minimum atomic E-state index is -1.20. The minimum Gasteiger partial charge on any atom is -0.497 e. The maximum Gasteiger partial charge on any atom is 0.308 e. The summed E-state index contributed by atoms with van der Waals surface area (Å²) >= 11 is 0. The Morgan fingerprint density at radius 2 is 2.06 bits per heavy atom. The Morgan fingerprint density at radius 1 is 1.26 bits per heavy atom. The lowest BCUT2D eigenvalue weighted by molar-refractivity contribution is -0.145. The van der Waals surface area contributed by atoms with E-state index >= 15 is 4.39 Å². The topological polar surface area (TPSA) is 62.7 Å². The summed E-state index contributed by atoms with van der Waals surface area (Å²) < 4.78 is 20.7. The Kier molecular flexibility index (Phi) is 7.46. The first kappa shape index (κ1) is 23.7. The first-order valence-electron chi connectivity index (χ1n) is 11.7. The molecule has 4 rings (SSSR count). The normalized spacial score (nSPS) is 19.1. The molecule has 34 heavy (non-hydrogen) atoms. The van der Waals surface area contributed by atoms with Gasteiger partial charge in [-0.05, 0) is 60.6 Å². The van der Waals surface area contributed by atoms with Crippen LogP contribution in [0.3, 0.4) is 0 Å². The van der Waals surface area contributed by atoms with Crippen molar-refractivity contribution in [3.63, 3.8) is 0 Å². The van der Waals surface area contributed by atoms with Crippen LogP contribution in [-0.4, -0.2) is 41.2 Å². The Labute approximate surface area is 199 Å². The average molecular weight is 463 g/mol. The average Bonchev–Trinajstić information content (AvgIpc) is 2.86. The maximum atomic E-state index is 15.4. The number of halogens is 1. The molecule has 1 aliphatic heterocycles. The van der Waals surface area contributed by atoms with E-state index < -0.39 is 18.1 Å². The summed E-state index contributed by atoms with van der Waals surface area (Å²) in [4.78, 5) is 18.5. The first-order chi connectivity index (χ1) is 16.5. The largest absolute Gasteiger partial charge is 0.497 e. The zero-order chi connectivity index (χ0) is 24.1. The van der Waals surface area contributed by atoms with Crippen LogP contribution in [0.5, 0.6) is 5.75 Å². The number of carbonyl (C=O) groups is 1. The van der Waals surface area contributed by atoms with Gasteiger partial charge in [0, 0.05) is 36.8 Å². The number of carboxylic acid groups (broad SMARTS) is 1. The van der Waals surface area contributed by atoms with E-state index in [1.807, 2.05) is 42.5 Å². The van der Waals surface area contributed by atoms with E-state index in [9.17, 15) is 9.90 Å². The van der Waals surface area contributed by atoms with Crippen molar-refractivity contribution in [2.24, 2.45) is 11.8 Å². The second-order valence-corrected chi connectivity index (χ2v) is 9.00. The Morgan fingerprint density at radius 3 is 2.79 bits per heavy atom. The van der Waals surface area contributed by atoms with Crippen molar-refractivity contribution in [1.82, 2.24) is 9.88 Å². The van der Waals surface area contributed by atoms with Crippen LogP contribution in [0.15, 0.2) is 73.1 Å². The molecule has 0 saturated carbocycles. The predicted octanol–water partition coefficient (Wildman–Crippen LogP) is 5.81. The summed E-state index contributed by atoms with van der Waals surface area (Å²) in [5.74, 6) is -0.776. The smallest absolute Gasteiger partial charge is 0.308 e. The Bertz CT molecular complexity index is 1150. The molecule has 1 saturated heterocycles. The fourth-order valence-electron chi connectivity index (χ4n) is 4.92. The summed E-state index contributed by atoms with van der Waals surface area (Å²) in [5.41, 5.74) is 3.37. The monoisotopic (exact) mass is 462 g/mol. The van der Waals surface area contributed by atoms with Crippen LogP contribution < -0.4 is 4.74 Å². The SMILES string of the molecule is C=C(Cc1ccccc1)N1CC[C@@H](CCC(F)c2ccnc3ccc(OC)cc23)[C@@H](C(=O)O)C1. The highest BCUT2D eigenvalue weighted by Gasteiger charge is 2.35. The first-order valence-corrected chi connectivity index (χ1v) is 11.7. The number of methoxy groups -OCH3 is 1. The minimum absolute atomic E-state index is 0.0702. The van der Waals surface area contributed by atoms with Crippen LogP contribution in [0.1, 0.15) is 36.6 Å². The molecule has 6 heteroatoms. The van der Waals surface area contributed by atoms with Crippen LogP contribution in [0.4, 0.5) is 4.39 Å². The molecular weight excluding hydrogens is 431 g/mol. The van der Waals surface area contributed by atoms with Crippen molar-refractivity contribution in [1.29, 1.82) is 0 Å². The van der Waals surface area contributed by atoms with Gasteiger partial charge in [0.05, 0.1) is 18.5 Å². The van der Waals surface area contributed by atoms with Crippen molar-refractivity contribution in [3.05, 3.63) is 84.2 Å². The number of pyridine rings is 1. The van der Waals surface area contributed by atoms with Gasteiger partial charge in [0.2, 0.25) is 0 Å². The van der Waals surface area contributed by atoms with Crippen molar-refractivity contribution < 1.29 is 19.0 Å². The van der Waals surface area contributed by atoms with Gasteiger partial charge in [-0.1, -0.05) is 36.9 Å². The van der Waals surface area contributed by atoms with E-state index in [1.54, 1.807) is 25.4 Å². The van der Waals surface area contributed by atoms with Gasteiger partial charge in [0.1, 0.15) is 11.9 Å². The second-order valence-electron chi connectivity index (χ2n) is 9.00. The molecule has 3 aromatic rings. The van der Waals surface area contributed by atoms with E-state index in [4.69, 9.17) is 4.74 Å². The van der Waals surface area contributed by atoms with Gasteiger partial charge in [-0.3, -0.25) is 9.78 Å². The molecule has 0 spiro atoms. The number of rotatable bonds is 9. The molecule has 0 bridgehead atoms. The summed E-state index contributed by atoms with van der Waals surface area (Å²) in [6.07, 6.45) is 2.62. The third-order valence-corrected chi connectivity index (χ3v) is 6.88. The van der Waals surface area contributed by atoms with Crippen LogP contribution in [-0.2, 0) is 11.2 Å². The highest BCUT2D eigenvalue weighted by Crippen LogP contribution is 2.36. The molecule has 1 unspecified atom stereocenters. The molecule has 2 heterocycles. The number of fused-ring (bicyclic) bond motifs is 1. The molecule has 1 aliphatic rings. The molecule has 3 atom stereocenters. The van der Waals surface area contributed by atoms with Crippen LogP contribution in [0.25, 0.3) is 10.9 Å². The molecular formula is C28H31FN2O3. The highest BCUT2D eigenvalue weighted by atomic mass is 19.1. The number of hydrogen-bond acceptors (Lipinski definition) is 4. The number of aliphatic carboxylic acids is 1. The van der Waals surface area contributed by atoms with E-state index in [2.05, 4.69) is 16.5 Å². The van der Waals surface area contributed by atoms with Gasteiger partial charge in [0.25, 0.3) is 0 Å². The molecule has 2 aromatic carbocycles. The lowest BCUT2D eigenvalue weighted by Gasteiger charge is -2.39. The van der Waals surface area contributed by atoms with E-state index in [0.717, 1.165) is 28.7 Å². The van der Waals surface area contributed by atoms with Crippen LogP contribution in [0, 0.1) is 11.8 Å². The Balaban J connectivity index is 1.40. The highest BCUT2D eigenvalue weighted by molar-refractivity contribution is 5.83. The zero-order valence-electron chi connectivity index (χ0n) is 19.5. The molecule has 0 aliphatic carbocycles. The third kappa shape index (κ3) is 5.38. The van der Waals surface area contributed by atoms with Crippen molar-refractivity contribution in [2.45, 2.75) is 31.9 Å². The molecule has 1 N–H and O–H groups in total. The number of benzene rings is 2. The fraction of sp³-hybridized carbons (Fsp3) is 0.357. The zero-order valence-corrected chi connectivity index (χ0v) is 19.5. The molecule has 0 radical (unpaired) electrons. The number of nitrogens with zero attached hydrogens (tertiary/aromatic N) is 2. The quantitative estimate of drug-likeness (QED) is 0.435. The number of hydrogen-bond donors (Lipinski definition) is 1. The number of ether oxygens (including phenoxy) is 1. The summed E-state index contributed by atoms with van der Waals surface area (Å²) in [5, 5.41) is 10.6. The van der Waals surface area contributed by atoms with Crippen molar-refractivity contribution in [2.75, 3.05) is 20.2 Å². The van der Waals surface area contributed by atoms with Gasteiger partial charge in [-0.2, -0.15) is 0 Å². The van der Waals surface area contributed by atoms with Crippen molar-refractivity contribution >= 4 is 16.9 Å². The summed E-state index contributed by atoms with van der Waals surface area (Å²) in [7, 11) is 1.58. The number of allylic oxidation sites excluding steroid dienone is 1. The molecule has 1 fully saturated rings. The Hall–Kier alpha value is -3.41. The molecule has 0 amide bonds.